The summed E-state index contributed by atoms with van der Waals surface area (Å²) in [5, 5.41) is 0. The molecule has 0 amide bonds. The maximum absolute atomic E-state index is 11.4. The highest BCUT2D eigenvalue weighted by molar-refractivity contribution is 7.75. The standard InChI is InChI=1S/C19H23NO3S/c1-15(23-24(21)22-2)13-14-20-18-9-5-3-7-16(18)11-12-17-8-4-6-10-19(17)20/h3-10,15H,11-14H2,1-2H3. The molecule has 3 rings (SSSR count). The van der Waals surface area contributed by atoms with Crippen LogP contribution in [-0.2, 0) is 32.6 Å². The van der Waals surface area contributed by atoms with Crippen LogP contribution in [0.5, 0.6) is 0 Å². The van der Waals surface area contributed by atoms with E-state index in [-0.39, 0.29) is 6.10 Å². The molecule has 0 bridgehead atoms. The molecule has 1 aliphatic heterocycles. The fourth-order valence-electron chi connectivity index (χ4n) is 3.14. The maximum atomic E-state index is 11.4. The Morgan fingerprint density at radius 1 is 1.04 bits per heavy atom. The van der Waals surface area contributed by atoms with Gasteiger partial charge < -0.3 is 4.90 Å². The van der Waals surface area contributed by atoms with E-state index in [9.17, 15) is 4.21 Å². The van der Waals surface area contributed by atoms with Gasteiger partial charge in [0.15, 0.2) is 0 Å². The topological polar surface area (TPSA) is 38.8 Å². The minimum Gasteiger partial charge on any atom is -0.341 e. The smallest absolute Gasteiger partial charge is 0.304 e. The summed E-state index contributed by atoms with van der Waals surface area (Å²) in [5.41, 5.74) is 5.23. The van der Waals surface area contributed by atoms with Crippen molar-refractivity contribution in [2.45, 2.75) is 32.3 Å². The third-order valence-electron chi connectivity index (χ3n) is 4.37. The first-order valence-electron chi connectivity index (χ1n) is 8.25. The van der Waals surface area contributed by atoms with Gasteiger partial charge in [-0.3, -0.25) is 8.37 Å². The van der Waals surface area contributed by atoms with E-state index in [1.54, 1.807) is 0 Å². The van der Waals surface area contributed by atoms with Crippen LogP contribution in [0.15, 0.2) is 48.5 Å². The molecule has 128 valence electrons. The molecule has 2 unspecified atom stereocenters. The largest absolute Gasteiger partial charge is 0.341 e. The van der Waals surface area contributed by atoms with E-state index in [2.05, 4.69) is 57.6 Å². The van der Waals surface area contributed by atoms with Crippen molar-refractivity contribution in [3.63, 3.8) is 0 Å². The van der Waals surface area contributed by atoms with E-state index < -0.39 is 11.4 Å². The normalized spacial score (nSPS) is 16.0. The van der Waals surface area contributed by atoms with Crippen LogP contribution in [0.2, 0.25) is 0 Å². The van der Waals surface area contributed by atoms with Crippen molar-refractivity contribution in [1.29, 1.82) is 0 Å². The Kier molecular flexibility index (Phi) is 5.66. The Hall–Kier alpha value is -1.69. The zero-order chi connectivity index (χ0) is 16.9. The average Bonchev–Trinajstić information content (AvgIpc) is 2.77. The number of nitrogens with zero attached hydrogens (tertiary/aromatic N) is 1. The molecule has 0 saturated carbocycles. The molecule has 0 radical (unpaired) electrons. The van der Waals surface area contributed by atoms with Gasteiger partial charge in [0.05, 0.1) is 13.2 Å². The first-order valence-corrected chi connectivity index (χ1v) is 9.25. The molecule has 0 aliphatic carbocycles. The summed E-state index contributed by atoms with van der Waals surface area (Å²) >= 11 is -1.68. The van der Waals surface area contributed by atoms with Gasteiger partial charge in [-0.05, 0) is 49.4 Å². The quantitative estimate of drug-likeness (QED) is 0.795. The van der Waals surface area contributed by atoms with E-state index in [0.29, 0.717) is 0 Å². The molecule has 0 fully saturated rings. The number of rotatable bonds is 6. The van der Waals surface area contributed by atoms with Crippen molar-refractivity contribution in [2.75, 3.05) is 18.6 Å². The second kappa shape index (κ2) is 7.92. The molecular weight excluding hydrogens is 322 g/mol. The zero-order valence-corrected chi connectivity index (χ0v) is 14.9. The second-order valence-electron chi connectivity index (χ2n) is 5.98. The number of benzene rings is 2. The van der Waals surface area contributed by atoms with Gasteiger partial charge in [-0.15, -0.1) is 0 Å². The summed E-state index contributed by atoms with van der Waals surface area (Å²) in [7, 11) is 1.38. The number of anilines is 2. The van der Waals surface area contributed by atoms with Gasteiger partial charge in [0, 0.05) is 17.9 Å². The highest BCUT2D eigenvalue weighted by Gasteiger charge is 2.21. The summed E-state index contributed by atoms with van der Waals surface area (Å²) in [5.74, 6) is 0. The minimum atomic E-state index is -1.68. The SMILES string of the molecule is COS(=O)OC(C)CCN1c2ccccc2CCc2ccccc21. The summed E-state index contributed by atoms with van der Waals surface area (Å²) in [6.45, 7) is 2.72. The number of hydrogen-bond donors (Lipinski definition) is 0. The lowest BCUT2D eigenvalue weighted by Crippen LogP contribution is -2.24. The lowest BCUT2D eigenvalue weighted by atomic mass is 10.0. The zero-order valence-electron chi connectivity index (χ0n) is 14.1. The first kappa shape index (κ1) is 17.1. The minimum absolute atomic E-state index is 0.145. The van der Waals surface area contributed by atoms with Gasteiger partial charge in [-0.25, -0.2) is 0 Å². The average molecular weight is 345 g/mol. The predicted octanol–water partition coefficient (Wildman–Crippen LogP) is 3.94. The van der Waals surface area contributed by atoms with E-state index in [1.807, 2.05) is 6.92 Å². The Balaban J connectivity index is 1.84. The molecule has 2 atom stereocenters. The van der Waals surface area contributed by atoms with Crippen molar-refractivity contribution in [3.8, 4) is 0 Å². The van der Waals surface area contributed by atoms with Crippen LogP contribution in [0.25, 0.3) is 0 Å². The van der Waals surface area contributed by atoms with Gasteiger partial charge in [0.1, 0.15) is 0 Å². The molecule has 1 aliphatic rings. The lowest BCUT2D eigenvalue weighted by Gasteiger charge is -2.28. The molecule has 2 aromatic carbocycles. The highest BCUT2D eigenvalue weighted by atomic mass is 32.2. The molecule has 4 nitrogen and oxygen atoms in total. The van der Waals surface area contributed by atoms with Gasteiger partial charge in [0.25, 0.3) is 0 Å². The predicted molar refractivity (Wildman–Crippen MR) is 97.6 cm³/mol. The lowest BCUT2D eigenvalue weighted by molar-refractivity contribution is 0.203. The second-order valence-corrected chi connectivity index (χ2v) is 6.91. The molecule has 0 saturated heterocycles. The molecule has 0 spiro atoms. The monoisotopic (exact) mass is 345 g/mol. The fraction of sp³-hybridized carbons (Fsp3) is 0.368. The van der Waals surface area contributed by atoms with Crippen LogP contribution in [-0.4, -0.2) is 24.0 Å². The number of hydrogen-bond acceptors (Lipinski definition) is 4. The summed E-state index contributed by atoms with van der Waals surface area (Å²) in [6.07, 6.45) is 2.71. The van der Waals surface area contributed by atoms with Crippen LogP contribution in [0.3, 0.4) is 0 Å². The van der Waals surface area contributed by atoms with Crippen molar-refractivity contribution >= 4 is 22.7 Å². The number of aryl methyl sites for hydroxylation is 2. The number of para-hydroxylation sites is 2. The van der Waals surface area contributed by atoms with Crippen molar-refractivity contribution in [1.82, 2.24) is 0 Å². The summed E-state index contributed by atoms with van der Waals surface area (Å²) in [4.78, 5) is 2.35. The van der Waals surface area contributed by atoms with E-state index in [4.69, 9.17) is 4.18 Å². The van der Waals surface area contributed by atoms with Gasteiger partial charge in [0.2, 0.25) is 0 Å². The van der Waals surface area contributed by atoms with E-state index >= 15 is 0 Å². The molecule has 24 heavy (non-hydrogen) atoms. The third-order valence-corrected chi connectivity index (χ3v) is 5.12. The Morgan fingerprint density at radius 3 is 2.12 bits per heavy atom. The van der Waals surface area contributed by atoms with Crippen molar-refractivity contribution in [2.24, 2.45) is 0 Å². The molecule has 0 N–H and O–H groups in total. The van der Waals surface area contributed by atoms with Crippen molar-refractivity contribution < 1.29 is 12.6 Å². The molecule has 0 aromatic heterocycles. The Labute approximate surface area is 146 Å². The molecule has 2 aromatic rings. The fourth-order valence-corrected chi connectivity index (χ4v) is 3.59. The molecular formula is C19H23NO3S. The molecule has 5 heteroatoms. The number of fused-ring (bicyclic) bond motifs is 2. The Morgan fingerprint density at radius 2 is 1.58 bits per heavy atom. The maximum Gasteiger partial charge on any atom is 0.304 e. The van der Waals surface area contributed by atoms with Gasteiger partial charge in [-0.1, -0.05) is 36.4 Å². The van der Waals surface area contributed by atoms with Crippen LogP contribution >= 0.6 is 0 Å². The summed E-state index contributed by atoms with van der Waals surface area (Å²) < 4.78 is 21.4. The first-order chi connectivity index (χ1) is 11.7. The highest BCUT2D eigenvalue weighted by Crippen LogP contribution is 2.36. The van der Waals surface area contributed by atoms with Crippen LogP contribution in [0, 0.1) is 0 Å². The van der Waals surface area contributed by atoms with E-state index in [0.717, 1.165) is 25.8 Å². The Bertz CT molecular complexity index is 672. The van der Waals surface area contributed by atoms with Crippen LogP contribution < -0.4 is 4.90 Å². The third kappa shape index (κ3) is 3.86. The van der Waals surface area contributed by atoms with Gasteiger partial charge in [-0.2, -0.15) is 4.21 Å². The summed E-state index contributed by atoms with van der Waals surface area (Å²) in [6, 6.07) is 17.1. The van der Waals surface area contributed by atoms with Crippen molar-refractivity contribution in [3.05, 3.63) is 59.7 Å². The van der Waals surface area contributed by atoms with E-state index in [1.165, 1.54) is 29.6 Å². The van der Waals surface area contributed by atoms with Crippen LogP contribution in [0.1, 0.15) is 24.5 Å². The molecule has 1 heterocycles. The van der Waals surface area contributed by atoms with Crippen LogP contribution in [0.4, 0.5) is 11.4 Å². The van der Waals surface area contributed by atoms with Gasteiger partial charge >= 0.3 is 11.4 Å².